The number of anilines is 1. The second-order valence-electron chi connectivity index (χ2n) is 5.77. The maximum atomic E-state index is 12.3. The van der Waals surface area contributed by atoms with Gasteiger partial charge in [0, 0.05) is 35.9 Å². The molecule has 1 N–H and O–H groups in total. The molecule has 0 aliphatic rings. The number of aryl methyl sites for hydroxylation is 1. The lowest BCUT2D eigenvalue weighted by Crippen LogP contribution is -2.21. The number of hydrogen-bond acceptors (Lipinski definition) is 5. The van der Waals surface area contributed by atoms with Crippen LogP contribution in [0.15, 0.2) is 59.5 Å². The maximum Gasteiger partial charge on any atom is 0.269 e. The highest BCUT2D eigenvalue weighted by molar-refractivity contribution is 5.93. The van der Waals surface area contributed by atoms with Crippen molar-refractivity contribution < 1.29 is 14.5 Å². The van der Waals surface area contributed by atoms with Gasteiger partial charge in [-0.1, -0.05) is 6.07 Å². The van der Waals surface area contributed by atoms with Gasteiger partial charge in [0.2, 0.25) is 0 Å². The minimum atomic E-state index is -0.512. The van der Waals surface area contributed by atoms with Crippen LogP contribution in [0.1, 0.15) is 6.92 Å². The molecule has 0 aliphatic heterocycles. The third-order valence-corrected chi connectivity index (χ3v) is 4.04. The molecular formula is C19H17N3O5. The van der Waals surface area contributed by atoms with E-state index in [2.05, 4.69) is 5.32 Å². The van der Waals surface area contributed by atoms with Gasteiger partial charge in [0.25, 0.3) is 17.2 Å². The number of non-ortho nitro benzene ring substituents is 1. The van der Waals surface area contributed by atoms with E-state index in [1.54, 1.807) is 35.0 Å². The molecule has 27 heavy (non-hydrogen) atoms. The second kappa shape index (κ2) is 7.69. The Bertz CT molecular complexity index is 1060. The van der Waals surface area contributed by atoms with Crippen LogP contribution in [0.3, 0.4) is 0 Å². The van der Waals surface area contributed by atoms with Crippen molar-refractivity contribution in [2.75, 3.05) is 11.9 Å². The lowest BCUT2D eigenvalue weighted by atomic mass is 10.1. The summed E-state index contributed by atoms with van der Waals surface area (Å²) in [5, 5.41) is 14.4. The van der Waals surface area contributed by atoms with Crippen LogP contribution in [0.2, 0.25) is 0 Å². The monoisotopic (exact) mass is 367 g/mol. The number of fused-ring (bicyclic) bond motifs is 1. The molecule has 1 heterocycles. The molecule has 0 aliphatic carbocycles. The summed E-state index contributed by atoms with van der Waals surface area (Å²) < 4.78 is 7.17. The Labute approximate surface area is 154 Å². The SMILES string of the molecule is CCn1ccc2c(OCC(=O)Nc3ccc([N+](=O)[O-])cc3)cccc2c1=O. The van der Waals surface area contributed by atoms with E-state index in [1.165, 1.54) is 24.3 Å². The highest BCUT2D eigenvalue weighted by Crippen LogP contribution is 2.23. The van der Waals surface area contributed by atoms with Gasteiger partial charge in [0.05, 0.1) is 10.3 Å². The van der Waals surface area contributed by atoms with E-state index in [0.29, 0.717) is 28.8 Å². The van der Waals surface area contributed by atoms with Crippen LogP contribution in [0.5, 0.6) is 5.75 Å². The molecule has 138 valence electrons. The molecule has 0 radical (unpaired) electrons. The molecule has 0 saturated carbocycles. The summed E-state index contributed by atoms with van der Waals surface area (Å²) in [7, 11) is 0. The molecule has 8 heteroatoms. The highest BCUT2D eigenvalue weighted by Gasteiger charge is 2.10. The number of nitro benzene ring substituents is 1. The van der Waals surface area contributed by atoms with Gasteiger partial charge in [0.15, 0.2) is 6.61 Å². The number of pyridine rings is 1. The molecule has 0 saturated heterocycles. The number of ether oxygens (including phenoxy) is 1. The number of carbonyl (C=O) groups excluding carboxylic acids is 1. The molecule has 0 unspecified atom stereocenters. The van der Waals surface area contributed by atoms with Gasteiger partial charge >= 0.3 is 0 Å². The standard InChI is InChI=1S/C19H17N3O5/c1-2-21-11-10-15-16(19(21)24)4-3-5-17(15)27-12-18(23)20-13-6-8-14(9-7-13)22(25)26/h3-11H,2,12H2,1H3,(H,20,23). The van der Waals surface area contributed by atoms with E-state index in [-0.39, 0.29) is 17.9 Å². The van der Waals surface area contributed by atoms with Crippen molar-refractivity contribution in [1.82, 2.24) is 4.57 Å². The van der Waals surface area contributed by atoms with E-state index in [4.69, 9.17) is 4.74 Å². The van der Waals surface area contributed by atoms with E-state index in [9.17, 15) is 19.7 Å². The fourth-order valence-corrected chi connectivity index (χ4v) is 2.67. The minimum Gasteiger partial charge on any atom is -0.483 e. The summed E-state index contributed by atoms with van der Waals surface area (Å²) in [5.74, 6) is 0.0226. The number of benzene rings is 2. The highest BCUT2D eigenvalue weighted by atomic mass is 16.6. The summed E-state index contributed by atoms with van der Waals surface area (Å²) in [6, 6.07) is 12.4. The molecule has 1 aromatic heterocycles. The Morgan fingerprint density at radius 2 is 1.89 bits per heavy atom. The number of hydrogen-bond donors (Lipinski definition) is 1. The average Bonchev–Trinajstić information content (AvgIpc) is 2.67. The molecule has 2 aromatic carbocycles. The summed E-state index contributed by atoms with van der Waals surface area (Å²) in [6.45, 7) is 2.20. The minimum absolute atomic E-state index is 0.0576. The number of carbonyl (C=O) groups is 1. The summed E-state index contributed by atoms with van der Waals surface area (Å²) >= 11 is 0. The number of nitro groups is 1. The second-order valence-corrected chi connectivity index (χ2v) is 5.77. The molecular weight excluding hydrogens is 350 g/mol. The topological polar surface area (TPSA) is 103 Å². The summed E-state index contributed by atoms with van der Waals surface area (Å²) in [5.41, 5.74) is 0.256. The first-order valence-electron chi connectivity index (χ1n) is 8.29. The first-order chi connectivity index (χ1) is 13.0. The van der Waals surface area contributed by atoms with Crippen molar-refractivity contribution in [3.63, 3.8) is 0 Å². The summed E-state index contributed by atoms with van der Waals surface area (Å²) in [4.78, 5) is 34.5. The van der Waals surface area contributed by atoms with E-state index in [1.807, 2.05) is 6.92 Å². The van der Waals surface area contributed by atoms with Gasteiger partial charge in [-0.25, -0.2) is 0 Å². The zero-order chi connectivity index (χ0) is 19.4. The van der Waals surface area contributed by atoms with E-state index < -0.39 is 10.8 Å². The van der Waals surface area contributed by atoms with Crippen molar-refractivity contribution in [2.45, 2.75) is 13.5 Å². The predicted octanol–water partition coefficient (Wildman–Crippen LogP) is 2.95. The molecule has 3 aromatic rings. The third-order valence-electron chi connectivity index (χ3n) is 4.04. The van der Waals surface area contributed by atoms with Crippen LogP contribution < -0.4 is 15.6 Å². The lowest BCUT2D eigenvalue weighted by molar-refractivity contribution is -0.384. The molecule has 8 nitrogen and oxygen atoms in total. The number of nitrogens with zero attached hydrogens (tertiary/aromatic N) is 2. The van der Waals surface area contributed by atoms with Gasteiger partial charge < -0.3 is 14.6 Å². The Kier molecular flexibility index (Phi) is 5.16. The van der Waals surface area contributed by atoms with Crippen molar-refractivity contribution in [3.05, 3.63) is 75.2 Å². The largest absolute Gasteiger partial charge is 0.483 e. The van der Waals surface area contributed by atoms with E-state index in [0.717, 1.165) is 0 Å². The quantitative estimate of drug-likeness (QED) is 0.533. The third kappa shape index (κ3) is 3.95. The molecule has 0 fully saturated rings. The van der Waals surface area contributed by atoms with Crippen LogP contribution >= 0.6 is 0 Å². The fourth-order valence-electron chi connectivity index (χ4n) is 2.67. The Morgan fingerprint density at radius 3 is 2.56 bits per heavy atom. The zero-order valence-corrected chi connectivity index (χ0v) is 14.5. The van der Waals surface area contributed by atoms with Gasteiger partial charge in [-0.3, -0.25) is 19.7 Å². The summed E-state index contributed by atoms with van der Waals surface area (Å²) in [6.07, 6.45) is 1.69. The van der Waals surface area contributed by atoms with Gasteiger partial charge in [-0.2, -0.15) is 0 Å². The van der Waals surface area contributed by atoms with E-state index >= 15 is 0 Å². The van der Waals surface area contributed by atoms with Crippen LogP contribution in [-0.4, -0.2) is 22.0 Å². The number of rotatable bonds is 6. The zero-order valence-electron chi connectivity index (χ0n) is 14.5. The van der Waals surface area contributed by atoms with Crippen LogP contribution in [0, 0.1) is 10.1 Å². The van der Waals surface area contributed by atoms with Crippen LogP contribution in [0.25, 0.3) is 10.8 Å². The molecule has 0 spiro atoms. The van der Waals surface area contributed by atoms with Gasteiger partial charge in [0.1, 0.15) is 5.75 Å². The normalized spacial score (nSPS) is 10.6. The van der Waals surface area contributed by atoms with Crippen molar-refractivity contribution >= 4 is 28.1 Å². The molecule has 1 amide bonds. The van der Waals surface area contributed by atoms with Crippen LogP contribution in [0.4, 0.5) is 11.4 Å². The van der Waals surface area contributed by atoms with Gasteiger partial charge in [-0.15, -0.1) is 0 Å². The molecule has 3 rings (SSSR count). The average molecular weight is 367 g/mol. The van der Waals surface area contributed by atoms with Gasteiger partial charge in [-0.05, 0) is 37.3 Å². The smallest absolute Gasteiger partial charge is 0.269 e. The van der Waals surface area contributed by atoms with Crippen molar-refractivity contribution in [1.29, 1.82) is 0 Å². The van der Waals surface area contributed by atoms with Crippen molar-refractivity contribution in [3.8, 4) is 5.75 Å². The number of nitrogens with one attached hydrogen (secondary N) is 1. The maximum absolute atomic E-state index is 12.3. The molecule has 0 atom stereocenters. The van der Waals surface area contributed by atoms with Crippen molar-refractivity contribution in [2.24, 2.45) is 0 Å². The Morgan fingerprint density at radius 1 is 1.15 bits per heavy atom. The first kappa shape index (κ1) is 18.1. The Hall–Kier alpha value is -3.68. The molecule has 0 bridgehead atoms. The van der Waals surface area contributed by atoms with Crippen LogP contribution in [-0.2, 0) is 11.3 Å². The number of aromatic nitrogens is 1. The first-order valence-corrected chi connectivity index (χ1v) is 8.29. The number of amides is 1. The fraction of sp³-hybridized carbons (Fsp3) is 0.158. The lowest BCUT2D eigenvalue weighted by Gasteiger charge is -2.11. The Balaban J connectivity index is 1.71. The predicted molar refractivity (Wildman–Crippen MR) is 101 cm³/mol.